The summed E-state index contributed by atoms with van der Waals surface area (Å²) in [5, 5.41) is 0. The largest absolute Gasteiger partial charge is 0.490 e. The second-order valence-corrected chi connectivity index (χ2v) is 7.85. The van der Waals surface area contributed by atoms with E-state index >= 15 is 0 Å². The van der Waals surface area contributed by atoms with Crippen LogP contribution in [0.15, 0.2) is 48.5 Å². The van der Waals surface area contributed by atoms with Crippen molar-refractivity contribution in [2.24, 2.45) is 0 Å². The van der Waals surface area contributed by atoms with Crippen LogP contribution in [0, 0.1) is 0 Å². The van der Waals surface area contributed by atoms with Crippen LogP contribution in [0.2, 0.25) is 0 Å². The van der Waals surface area contributed by atoms with Crippen molar-refractivity contribution >= 4 is 11.9 Å². The number of ketones is 1. The predicted octanol–water partition coefficient (Wildman–Crippen LogP) is 7.28. The number of hydrogen-bond acceptors (Lipinski definition) is 3. The van der Waals surface area contributed by atoms with E-state index < -0.39 is 0 Å². The fourth-order valence-electron chi connectivity index (χ4n) is 3.45. The molecule has 0 amide bonds. The monoisotopic (exact) mass is 408 g/mol. The van der Waals surface area contributed by atoms with Crippen LogP contribution < -0.4 is 9.47 Å². The average molecular weight is 409 g/mol. The standard InChI is InChI=1S/C27H36O3/c1-6-11-20(4)29-26-18-15-22(8-3)19-23(26)16-17-25(28)24-13-9-10-14-27(24)30-21(5)12-7-2/h9-10,13-21H,6-8,11-12H2,1-5H3. The summed E-state index contributed by atoms with van der Waals surface area (Å²) in [6.45, 7) is 10.5. The molecule has 0 heterocycles. The third-order valence-electron chi connectivity index (χ3n) is 5.10. The number of rotatable bonds is 12. The summed E-state index contributed by atoms with van der Waals surface area (Å²) in [4.78, 5) is 13.0. The highest BCUT2D eigenvalue weighted by Gasteiger charge is 2.13. The lowest BCUT2D eigenvalue weighted by Gasteiger charge is -2.17. The Morgan fingerprint density at radius 1 is 0.900 bits per heavy atom. The van der Waals surface area contributed by atoms with Gasteiger partial charge in [-0.1, -0.05) is 51.8 Å². The van der Waals surface area contributed by atoms with Gasteiger partial charge >= 0.3 is 0 Å². The minimum atomic E-state index is -0.0660. The molecule has 2 rings (SSSR count). The fourth-order valence-corrected chi connectivity index (χ4v) is 3.45. The molecule has 0 N–H and O–H groups in total. The molecule has 0 fully saturated rings. The lowest BCUT2D eigenvalue weighted by Crippen LogP contribution is -2.13. The maximum absolute atomic E-state index is 13.0. The Morgan fingerprint density at radius 3 is 2.17 bits per heavy atom. The maximum Gasteiger partial charge on any atom is 0.189 e. The van der Waals surface area contributed by atoms with E-state index in [1.54, 1.807) is 6.08 Å². The normalized spacial score (nSPS) is 13.2. The molecule has 0 aliphatic carbocycles. The summed E-state index contributed by atoms with van der Waals surface area (Å²) < 4.78 is 12.2. The second-order valence-electron chi connectivity index (χ2n) is 7.85. The van der Waals surface area contributed by atoms with Crippen molar-refractivity contribution in [1.29, 1.82) is 0 Å². The molecule has 0 aromatic heterocycles. The van der Waals surface area contributed by atoms with Gasteiger partial charge in [-0.15, -0.1) is 0 Å². The fraction of sp³-hybridized carbons (Fsp3) is 0.444. The summed E-state index contributed by atoms with van der Waals surface area (Å²) in [7, 11) is 0. The Labute approximate surface area is 182 Å². The average Bonchev–Trinajstić information content (AvgIpc) is 2.73. The van der Waals surface area contributed by atoms with Gasteiger partial charge in [-0.05, 0) is 75.1 Å². The molecule has 2 unspecified atom stereocenters. The molecule has 0 saturated heterocycles. The topological polar surface area (TPSA) is 35.5 Å². The zero-order valence-corrected chi connectivity index (χ0v) is 19.1. The van der Waals surface area contributed by atoms with E-state index in [0.717, 1.165) is 43.4 Å². The van der Waals surface area contributed by atoms with E-state index in [1.165, 1.54) is 5.56 Å². The molecule has 2 aromatic rings. The molecule has 0 radical (unpaired) electrons. The highest BCUT2D eigenvalue weighted by Crippen LogP contribution is 2.26. The Balaban J connectivity index is 2.25. The summed E-state index contributed by atoms with van der Waals surface area (Å²) in [5.74, 6) is 1.39. The van der Waals surface area contributed by atoms with E-state index in [9.17, 15) is 4.79 Å². The maximum atomic E-state index is 13.0. The van der Waals surface area contributed by atoms with E-state index in [-0.39, 0.29) is 18.0 Å². The van der Waals surface area contributed by atoms with E-state index in [2.05, 4.69) is 39.8 Å². The van der Waals surface area contributed by atoms with Gasteiger partial charge in [-0.2, -0.15) is 0 Å². The molecular weight excluding hydrogens is 372 g/mol. The minimum Gasteiger partial charge on any atom is -0.490 e. The van der Waals surface area contributed by atoms with Gasteiger partial charge in [0.2, 0.25) is 0 Å². The first-order valence-corrected chi connectivity index (χ1v) is 11.3. The molecule has 3 nitrogen and oxygen atoms in total. The van der Waals surface area contributed by atoms with Crippen LogP contribution in [0.3, 0.4) is 0 Å². The summed E-state index contributed by atoms with van der Waals surface area (Å²) in [6, 6.07) is 13.7. The van der Waals surface area contributed by atoms with Crippen molar-refractivity contribution in [2.75, 3.05) is 0 Å². The van der Waals surface area contributed by atoms with Crippen molar-refractivity contribution < 1.29 is 14.3 Å². The van der Waals surface area contributed by atoms with Crippen molar-refractivity contribution in [1.82, 2.24) is 0 Å². The minimum absolute atomic E-state index is 0.0660. The van der Waals surface area contributed by atoms with Crippen LogP contribution in [0.5, 0.6) is 11.5 Å². The van der Waals surface area contributed by atoms with Crippen molar-refractivity contribution in [3.8, 4) is 11.5 Å². The van der Waals surface area contributed by atoms with Gasteiger partial charge in [-0.25, -0.2) is 0 Å². The molecule has 2 atom stereocenters. The number of carbonyl (C=O) groups is 1. The lowest BCUT2D eigenvalue weighted by molar-refractivity contribution is 0.104. The molecule has 0 aliphatic heterocycles. The second kappa shape index (κ2) is 12.2. The summed E-state index contributed by atoms with van der Waals surface area (Å²) in [5.41, 5.74) is 2.74. The Hall–Kier alpha value is -2.55. The van der Waals surface area contributed by atoms with Gasteiger partial charge in [0.05, 0.1) is 17.8 Å². The molecule has 0 aliphatic rings. The van der Waals surface area contributed by atoms with Gasteiger partial charge in [0.15, 0.2) is 5.78 Å². The predicted molar refractivity (Wildman–Crippen MR) is 126 cm³/mol. The van der Waals surface area contributed by atoms with Crippen molar-refractivity contribution in [3.63, 3.8) is 0 Å². The number of aryl methyl sites for hydroxylation is 1. The first-order valence-electron chi connectivity index (χ1n) is 11.3. The summed E-state index contributed by atoms with van der Waals surface area (Å²) in [6.07, 6.45) is 8.71. The Morgan fingerprint density at radius 2 is 1.53 bits per heavy atom. The number of allylic oxidation sites excluding steroid dienone is 1. The van der Waals surface area contributed by atoms with Gasteiger partial charge in [0.25, 0.3) is 0 Å². The third kappa shape index (κ3) is 7.05. The molecule has 0 spiro atoms. The molecule has 3 heteroatoms. The van der Waals surface area contributed by atoms with Gasteiger partial charge in [0.1, 0.15) is 11.5 Å². The van der Waals surface area contributed by atoms with E-state index in [1.807, 2.05) is 43.3 Å². The SMILES string of the molecule is CCCC(C)Oc1ccc(CC)cc1C=CC(=O)c1ccccc1OC(C)CCC. The number of para-hydroxylation sites is 1. The highest BCUT2D eigenvalue weighted by atomic mass is 16.5. The molecule has 162 valence electrons. The first-order chi connectivity index (χ1) is 14.5. The zero-order chi connectivity index (χ0) is 21.9. The Bertz CT molecular complexity index is 838. The van der Waals surface area contributed by atoms with Crippen molar-refractivity contribution in [3.05, 3.63) is 65.2 Å². The number of benzene rings is 2. The summed E-state index contributed by atoms with van der Waals surface area (Å²) >= 11 is 0. The molecular formula is C27H36O3. The first kappa shape index (κ1) is 23.7. The molecule has 30 heavy (non-hydrogen) atoms. The highest BCUT2D eigenvalue weighted by molar-refractivity contribution is 6.08. The molecule has 0 bridgehead atoms. The van der Waals surface area contributed by atoms with Gasteiger partial charge < -0.3 is 9.47 Å². The Kier molecular flexibility index (Phi) is 9.66. The van der Waals surface area contributed by atoms with Crippen LogP contribution in [0.1, 0.15) is 81.8 Å². The van der Waals surface area contributed by atoms with Crippen LogP contribution in [0.25, 0.3) is 6.08 Å². The van der Waals surface area contributed by atoms with Crippen molar-refractivity contribution in [2.45, 2.75) is 78.9 Å². The van der Waals surface area contributed by atoms with Gasteiger partial charge in [0, 0.05) is 5.56 Å². The van der Waals surface area contributed by atoms with Gasteiger partial charge in [-0.3, -0.25) is 4.79 Å². The zero-order valence-electron chi connectivity index (χ0n) is 19.1. The van der Waals surface area contributed by atoms with Crippen LogP contribution in [-0.4, -0.2) is 18.0 Å². The smallest absolute Gasteiger partial charge is 0.189 e. The van der Waals surface area contributed by atoms with Crippen LogP contribution in [-0.2, 0) is 6.42 Å². The van der Waals surface area contributed by atoms with Crippen LogP contribution >= 0.6 is 0 Å². The van der Waals surface area contributed by atoms with E-state index in [0.29, 0.717) is 11.3 Å². The van der Waals surface area contributed by atoms with E-state index in [4.69, 9.17) is 9.47 Å². The molecule has 0 saturated carbocycles. The number of carbonyl (C=O) groups excluding carboxylic acids is 1. The number of hydrogen-bond donors (Lipinski definition) is 0. The molecule has 2 aromatic carbocycles. The quantitative estimate of drug-likeness (QED) is 0.273. The number of ether oxygens (including phenoxy) is 2. The lowest BCUT2D eigenvalue weighted by atomic mass is 10.0. The van der Waals surface area contributed by atoms with Crippen LogP contribution in [0.4, 0.5) is 0 Å². The third-order valence-corrected chi connectivity index (χ3v) is 5.10.